The van der Waals surface area contributed by atoms with E-state index in [9.17, 15) is 9.59 Å². The number of Topliss-reactive ketones (excluding diaryl/α,β-unsaturated/α-hetero) is 1. The van der Waals surface area contributed by atoms with Crippen LogP contribution < -0.4 is 9.47 Å². The maximum absolute atomic E-state index is 11.9. The highest BCUT2D eigenvalue weighted by Gasteiger charge is 2.11. The Kier molecular flexibility index (Phi) is 5.16. The van der Waals surface area contributed by atoms with Crippen LogP contribution in [0.2, 0.25) is 0 Å². The summed E-state index contributed by atoms with van der Waals surface area (Å²) in [6.07, 6.45) is 0. The molecule has 0 saturated carbocycles. The first-order chi connectivity index (χ1) is 10.9. The van der Waals surface area contributed by atoms with Gasteiger partial charge in [0.15, 0.2) is 12.4 Å². The van der Waals surface area contributed by atoms with Crippen LogP contribution in [0.5, 0.6) is 11.5 Å². The van der Waals surface area contributed by atoms with Gasteiger partial charge in [-0.3, -0.25) is 4.79 Å². The third kappa shape index (κ3) is 4.42. The van der Waals surface area contributed by atoms with Gasteiger partial charge in [-0.1, -0.05) is 17.7 Å². The fourth-order valence-corrected chi connectivity index (χ4v) is 2.40. The zero-order valence-electron chi connectivity index (χ0n) is 13.8. The maximum Gasteiger partial charge on any atom is 0.349 e. The summed E-state index contributed by atoms with van der Waals surface area (Å²) in [7, 11) is 0. The van der Waals surface area contributed by atoms with E-state index < -0.39 is 5.97 Å². The van der Waals surface area contributed by atoms with E-state index in [1.54, 1.807) is 24.3 Å². The molecule has 2 aromatic rings. The van der Waals surface area contributed by atoms with Crippen molar-refractivity contribution in [3.63, 3.8) is 0 Å². The summed E-state index contributed by atoms with van der Waals surface area (Å²) in [4.78, 5) is 23.1. The van der Waals surface area contributed by atoms with Gasteiger partial charge in [-0.2, -0.15) is 0 Å². The topological polar surface area (TPSA) is 52.6 Å². The summed E-state index contributed by atoms with van der Waals surface area (Å²) < 4.78 is 10.8. The molecular formula is C19H20O4. The molecule has 4 nitrogen and oxygen atoms in total. The van der Waals surface area contributed by atoms with Gasteiger partial charge in [-0.15, -0.1) is 0 Å². The van der Waals surface area contributed by atoms with Crippen LogP contribution in [0.1, 0.15) is 34.0 Å². The van der Waals surface area contributed by atoms with Crippen molar-refractivity contribution in [3.8, 4) is 11.5 Å². The van der Waals surface area contributed by atoms with Crippen molar-refractivity contribution in [2.45, 2.75) is 27.7 Å². The molecule has 0 spiro atoms. The minimum absolute atomic E-state index is 0.0127. The fourth-order valence-electron chi connectivity index (χ4n) is 2.40. The molecule has 0 aliphatic rings. The molecule has 0 radical (unpaired) electrons. The molecule has 0 saturated heterocycles. The standard InChI is InChI=1S/C19H20O4/c1-12-9-13(2)19(14(3)10-12)23-18(21)11-22-17-7-5-16(6-8-17)15(4)20/h5-10H,11H2,1-4H3. The number of aryl methyl sites for hydroxylation is 3. The maximum atomic E-state index is 11.9. The predicted molar refractivity (Wildman–Crippen MR) is 88.2 cm³/mol. The lowest BCUT2D eigenvalue weighted by molar-refractivity contribution is -0.136. The fraction of sp³-hybridized carbons (Fsp3) is 0.263. The number of ketones is 1. The van der Waals surface area contributed by atoms with Gasteiger partial charge in [-0.25, -0.2) is 4.79 Å². The predicted octanol–water partition coefficient (Wildman–Crippen LogP) is 3.80. The molecule has 0 heterocycles. The number of rotatable bonds is 5. The zero-order chi connectivity index (χ0) is 17.0. The quantitative estimate of drug-likeness (QED) is 0.479. The smallest absolute Gasteiger partial charge is 0.349 e. The molecule has 0 atom stereocenters. The van der Waals surface area contributed by atoms with Crippen LogP contribution >= 0.6 is 0 Å². The van der Waals surface area contributed by atoms with E-state index in [1.165, 1.54) is 6.92 Å². The lowest BCUT2D eigenvalue weighted by Crippen LogP contribution is -2.18. The average Bonchev–Trinajstić information content (AvgIpc) is 2.49. The summed E-state index contributed by atoms with van der Waals surface area (Å²) in [6, 6.07) is 10.6. The van der Waals surface area contributed by atoms with E-state index in [-0.39, 0.29) is 12.4 Å². The number of ether oxygens (including phenoxy) is 2. The third-order valence-corrected chi connectivity index (χ3v) is 3.44. The molecule has 0 bridgehead atoms. The lowest BCUT2D eigenvalue weighted by atomic mass is 10.1. The first-order valence-corrected chi connectivity index (χ1v) is 7.39. The van der Waals surface area contributed by atoms with Gasteiger partial charge in [-0.05, 0) is 63.1 Å². The van der Waals surface area contributed by atoms with Crippen molar-refractivity contribution in [2.24, 2.45) is 0 Å². The Balaban J connectivity index is 1.96. The average molecular weight is 312 g/mol. The Morgan fingerprint density at radius 3 is 2.04 bits per heavy atom. The molecule has 0 amide bonds. The molecular weight excluding hydrogens is 292 g/mol. The third-order valence-electron chi connectivity index (χ3n) is 3.44. The number of carbonyl (C=O) groups excluding carboxylic acids is 2. The monoisotopic (exact) mass is 312 g/mol. The van der Waals surface area contributed by atoms with E-state index in [2.05, 4.69) is 0 Å². The molecule has 0 N–H and O–H groups in total. The highest BCUT2D eigenvalue weighted by Crippen LogP contribution is 2.24. The minimum Gasteiger partial charge on any atom is -0.482 e. The molecule has 2 aromatic carbocycles. The second kappa shape index (κ2) is 7.09. The number of carbonyl (C=O) groups is 2. The van der Waals surface area contributed by atoms with Gasteiger partial charge in [0.05, 0.1) is 0 Å². The van der Waals surface area contributed by atoms with Crippen molar-refractivity contribution >= 4 is 11.8 Å². The molecule has 0 unspecified atom stereocenters. The highest BCUT2D eigenvalue weighted by molar-refractivity contribution is 5.94. The number of benzene rings is 2. The Hall–Kier alpha value is -2.62. The summed E-state index contributed by atoms with van der Waals surface area (Å²) in [5.41, 5.74) is 3.57. The Morgan fingerprint density at radius 1 is 0.957 bits per heavy atom. The molecule has 2 rings (SSSR count). The first-order valence-electron chi connectivity index (χ1n) is 7.39. The van der Waals surface area contributed by atoms with Gasteiger partial charge in [0.25, 0.3) is 0 Å². The summed E-state index contributed by atoms with van der Waals surface area (Å²) in [5.74, 6) is 0.623. The van der Waals surface area contributed by atoms with Crippen molar-refractivity contribution < 1.29 is 19.1 Å². The molecule has 0 fully saturated rings. The van der Waals surface area contributed by atoms with Gasteiger partial charge < -0.3 is 9.47 Å². The lowest BCUT2D eigenvalue weighted by Gasteiger charge is -2.12. The van der Waals surface area contributed by atoms with Crippen LogP contribution in [0.15, 0.2) is 36.4 Å². The number of hydrogen-bond acceptors (Lipinski definition) is 4. The second-order valence-corrected chi connectivity index (χ2v) is 5.57. The minimum atomic E-state index is -0.462. The van der Waals surface area contributed by atoms with E-state index in [0.29, 0.717) is 17.1 Å². The normalized spacial score (nSPS) is 10.3. The van der Waals surface area contributed by atoms with Crippen molar-refractivity contribution in [1.82, 2.24) is 0 Å². The van der Waals surface area contributed by atoms with Gasteiger partial charge in [0, 0.05) is 5.56 Å². The number of hydrogen-bond donors (Lipinski definition) is 0. The Morgan fingerprint density at radius 2 is 1.52 bits per heavy atom. The Labute approximate surface area is 136 Å². The van der Waals surface area contributed by atoms with Crippen LogP contribution in [-0.2, 0) is 4.79 Å². The molecule has 4 heteroatoms. The molecule has 0 aliphatic carbocycles. The van der Waals surface area contributed by atoms with Crippen LogP contribution in [0, 0.1) is 20.8 Å². The van der Waals surface area contributed by atoms with Crippen LogP contribution in [0.4, 0.5) is 0 Å². The molecule has 0 aromatic heterocycles. The van der Waals surface area contributed by atoms with Gasteiger partial charge in [0.1, 0.15) is 11.5 Å². The van der Waals surface area contributed by atoms with Crippen LogP contribution in [-0.4, -0.2) is 18.4 Å². The SMILES string of the molecule is CC(=O)c1ccc(OCC(=O)Oc2c(C)cc(C)cc2C)cc1. The first kappa shape index (κ1) is 16.7. The Bertz CT molecular complexity index is 707. The van der Waals surface area contributed by atoms with Gasteiger partial charge >= 0.3 is 5.97 Å². The zero-order valence-corrected chi connectivity index (χ0v) is 13.8. The van der Waals surface area contributed by atoms with Crippen molar-refractivity contribution in [3.05, 3.63) is 58.7 Å². The number of esters is 1. The van der Waals surface area contributed by atoms with E-state index in [0.717, 1.165) is 16.7 Å². The summed E-state index contributed by atoms with van der Waals surface area (Å²) in [5, 5.41) is 0. The van der Waals surface area contributed by atoms with E-state index in [1.807, 2.05) is 32.9 Å². The van der Waals surface area contributed by atoms with Crippen molar-refractivity contribution in [2.75, 3.05) is 6.61 Å². The van der Waals surface area contributed by atoms with Gasteiger partial charge in [0.2, 0.25) is 0 Å². The highest BCUT2D eigenvalue weighted by atomic mass is 16.6. The van der Waals surface area contributed by atoms with E-state index >= 15 is 0 Å². The summed E-state index contributed by atoms with van der Waals surface area (Å²) in [6.45, 7) is 7.12. The van der Waals surface area contributed by atoms with Crippen molar-refractivity contribution in [1.29, 1.82) is 0 Å². The summed E-state index contributed by atoms with van der Waals surface area (Å²) >= 11 is 0. The van der Waals surface area contributed by atoms with Crippen LogP contribution in [0.25, 0.3) is 0 Å². The van der Waals surface area contributed by atoms with Crippen LogP contribution in [0.3, 0.4) is 0 Å². The largest absolute Gasteiger partial charge is 0.482 e. The second-order valence-electron chi connectivity index (χ2n) is 5.57. The molecule has 0 aliphatic heterocycles. The van der Waals surface area contributed by atoms with E-state index in [4.69, 9.17) is 9.47 Å². The molecule has 23 heavy (non-hydrogen) atoms. The molecule has 120 valence electrons.